The van der Waals surface area contributed by atoms with E-state index in [0.717, 1.165) is 21.5 Å². The van der Waals surface area contributed by atoms with Crippen molar-refractivity contribution in [1.82, 2.24) is 5.43 Å². The predicted molar refractivity (Wildman–Crippen MR) is 63.0 cm³/mol. The van der Waals surface area contributed by atoms with Crippen LogP contribution in [0.2, 0.25) is 0 Å². The van der Waals surface area contributed by atoms with Gasteiger partial charge in [0.2, 0.25) is 0 Å². The van der Waals surface area contributed by atoms with Crippen molar-refractivity contribution in [3.05, 3.63) is 22.2 Å². The number of methoxy groups -OCH3 is 2. The Labute approximate surface area is 97.8 Å². The minimum Gasteiger partial charge on any atom is -0.495 e. The normalized spacial score (nSPS) is 12.3. The van der Waals surface area contributed by atoms with Crippen LogP contribution in [0.1, 0.15) is 18.5 Å². The second kappa shape index (κ2) is 5.34. The molecule has 84 valence electrons. The van der Waals surface area contributed by atoms with Gasteiger partial charge in [-0.3, -0.25) is 11.3 Å². The first-order chi connectivity index (χ1) is 7.15. The molecular formula is C10H15BrN2O2. The molecule has 0 saturated heterocycles. The summed E-state index contributed by atoms with van der Waals surface area (Å²) in [6, 6.07) is 3.81. The van der Waals surface area contributed by atoms with Crippen LogP contribution in [0.4, 0.5) is 0 Å². The molecule has 0 bridgehead atoms. The molecule has 0 aromatic heterocycles. The summed E-state index contributed by atoms with van der Waals surface area (Å²) >= 11 is 3.43. The first kappa shape index (κ1) is 12.3. The van der Waals surface area contributed by atoms with E-state index in [1.807, 2.05) is 19.1 Å². The molecular weight excluding hydrogens is 260 g/mol. The summed E-state index contributed by atoms with van der Waals surface area (Å²) in [6.07, 6.45) is 0. The van der Waals surface area contributed by atoms with E-state index in [4.69, 9.17) is 15.3 Å². The lowest BCUT2D eigenvalue weighted by Gasteiger charge is -2.17. The summed E-state index contributed by atoms with van der Waals surface area (Å²) < 4.78 is 11.3. The van der Waals surface area contributed by atoms with E-state index >= 15 is 0 Å². The molecule has 0 spiro atoms. The highest BCUT2D eigenvalue weighted by Crippen LogP contribution is 2.39. The summed E-state index contributed by atoms with van der Waals surface area (Å²) in [5.74, 6) is 6.87. The van der Waals surface area contributed by atoms with Crippen LogP contribution in [-0.4, -0.2) is 14.2 Å². The minimum atomic E-state index is 0.0159. The zero-order chi connectivity index (χ0) is 11.4. The number of nitrogens with two attached hydrogens (primary N) is 1. The van der Waals surface area contributed by atoms with Crippen LogP contribution in [0, 0.1) is 0 Å². The standard InChI is InChI=1S/C10H15BrN2O2/c1-6(13-12)7-4-5-8(14-2)9(11)10(7)15-3/h4-6,13H,12H2,1-3H3. The summed E-state index contributed by atoms with van der Waals surface area (Å²) in [4.78, 5) is 0. The van der Waals surface area contributed by atoms with E-state index in [2.05, 4.69) is 21.4 Å². The molecule has 0 aliphatic rings. The molecule has 0 aliphatic carbocycles. The van der Waals surface area contributed by atoms with Gasteiger partial charge in [0.25, 0.3) is 0 Å². The molecule has 0 aliphatic heterocycles. The molecule has 1 unspecified atom stereocenters. The zero-order valence-corrected chi connectivity index (χ0v) is 10.6. The van der Waals surface area contributed by atoms with Gasteiger partial charge in [0.05, 0.1) is 14.2 Å². The third-order valence-corrected chi connectivity index (χ3v) is 2.98. The van der Waals surface area contributed by atoms with Crippen molar-refractivity contribution in [1.29, 1.82) is 0 Å². The molecule has 1 rings (SSSR count). The number of benzene rings is 1. The molecule has 3 N–H and O–H groups in total. The van der Waals surface area contributed by atoms with Crippen molar-refractivity contribution in [2.24, 2.45) is 5.84 Å². The van der Waals surface area contributed by atoms with Crippen molar-refractivity contribution in [2.75, 3.05) is 14.2 Å². The van der Waals surface area contributed by atoms with Gasteiger partial charge in [0.15, 0.2) is 0 Å². The van der Waals surface area contributed by atoms with Gasteiger partial charge in [-0.2, -0.15) is 0 Å². The second-order valence-electron chi connectivity index (χ2n) is 3.09. The number of rotatable bonds is 4. The van der Waals surface area contributed by atoms with Gasteiger partial charge < -0.3 is 9.47 Å². The number of hydrogen-bond donors (Lipinski definition) is 2. The Kier molecular flexibility index (Phi) is 4.38. The van der Waals surface area contributed by atoms with E-state index < -0.39 is 0 Å². The first-order valence-electron chi connectivity index (χ1n) is 4.52. The minimum absolute atomic E-state index is 0.0159. The third kappa shape index (κ3) is 2.42. The van der Waals surface area contributed by atoms with Crippen molar-refractivity contribution < 1.29 is 9.47 Å². The highest BCUT2D eigenvalue weighted by molar-refractivity contribution is 9.10. The average Bonchev–Trinajstić information content (AvgIpc) is 2.27. The number of hydrogen-bond acceptors (Lipinski definition) is 4. The molecule has 1 aromatic rings. The summed E-state index contributed by atoms with van der Waals surface area (Å²) in [7, 11) is 3.23. The van der Waals surface area contributed by atoms with Crippen LogP contribution in [0.5, 0.6) is 11.5 Å². The molecule has 1 atom stereocenters. The molecule has 0 saturated carbocycles. The third-order valence-electron chi connectivity index (χ3n) is 2.23. The lowest BCUT2D eigenvalue weighted by molar-refractivity contribution is 0.381. The Bertz CT molecular complexity index is 344. The summed E-state index contributed by atoms with van der Waals surface area (Å²) in [5.41, 5.74) is 3.66. The number of halogens is 1. The van der Waals surface area contributed by atoms with Crippen LogP contribution >= 0.6 is 15.9 Å². The number of nitrogens with one attached hydrogen (secondary N) is 1. The summed E-state index contributed by atoms with van der Waals surface area (Å²) in [5, 5.41) is 0. The quantitative estimate of drug-likeness (QED) is 0.651. The zero-order valence-electron chi connectivity index (χ0n) is 9.00. The second-order valence-corrected chi connectivity index (χ2v) is 3.89. The van der Waals surface area contributed by atoms with Gasteiger partial charge in [-0.05, 0) is 35.0 Å². The highest BCUT2D eigenvalue weighted by atomic mass is 79.9. The predicted octanol–water partition coefficient (Wildman–Crippen LogP) is 1.99. The maximum atomic E-state index is 5.40. The topological polar surface area (TPSA) is 56.5 Å². The van der Waals surface area contributed by atoms with Crippen molar-refractivity contribution in [2.45, 2.75) is 13.0 Å². The molecule has 0 heterocycles. The van der Waals surface area contributed by atoms with Crippen LogP contribution in [-0.2, 0) is 0 Å². The van der Waals surface area contributed by atoms with E-state index in [0.29, 0.717) is 0 Å². The van der Waals surface area contributed by atoms with Gasteiger partial charge in [-0.25, -0.2) is 0 Å². The maximum absolute atomic E-state index is 5.40. The van der Waals surface area contributed by atoms with E-state index in [9.17, 15) is 0 Å². The molecule has 0 radical (unpaired) electrons. The Hall–Kier alpha value is -0.780. The molecule has 15 heavy (non-hydrogen) atoms. The Balaban J connectivity index is 3.24. The molecule has 4 nitrogen and oxygen atoms in total. The monoisotopic (exact) mass is 274 g/mol. The fourth-order valence-electron chi connectivity index (χ4n) is 1.35. The number of hydrazine groups is 1. The van der Waals surface area contributed by atoms with Gasteiger partial charge in [0.1, 0.15) is 16.0 Å². The van der Waals surface area contributed by atoms with Crippen LogP contribution < -0.4 is 20.7 Å². The Morgan fingerprint density at radius 3 is 2.47 bits per heavy atom. The molecule has 5 heteroatoms. The fraction of sp³-hybridized carbons (Fsp3) is 0.400. The van der Waals surface area contributed by atoms with Gasteiger partial charge in [0, 0.05) is 11.6 Å². The largest absolute Gasteiger partial charge is 0.495 e. The van der Waals surface area contributed by atoms with Gasteiger partial charge >= 0.3 is 0 Å². The summed E-state index contributed by atoms with van der Waals surface area (Å²) in [6.45, 7) is 1.96. The lowest BCUT2D eigenvalue weighted by Crippen LogP contribution is -2.26. The number of ether oxygens (including phenoxy) is 2. The fourth-order valence-corrected chi connectivity index (χ4v) is 2.03. The van der Waals surface area contributed by atoms with Crippen LogP contribution in [0.25, 0.3) is 0 Å². The lowest BCUT2D eigenvalue weighted by atomic mass is 10.1. The van der Waals surface area contributed by atoms with E-state index in [1.165, 1.54) is 0 Å². The van der Waals surface area contributed by atoms with E-state index in [-0.39, 0.29) is 6.04 Å². The average molecular weight is 275 g/mol. The van der Waals surface area contributed by atoms with Crippen molar-refractivity contribution in [3.8, 4) is 11.5 Å². The SMILES string of the molecule is COc1ccc(C(C)NN)c(OC)c1Br. The van der Waals surface area contributed by atoms with Crippen LogP contribution in [0.15, 0.2) is 16.6 Å². The van der Waals surface area contributed by atoms with Gasteiger partial charge in [-0.15, -0.1) is 0 Å². The first-order valence-corrected chi connectivity index (χ1v) is 5.31. The Morgan fingerprint density at radius 2 is 2.00 bits per heavy atom. The Morgan fingerprint density at radius 1 is 1.33 bits per heavy atom. The highest BCUT2D eigenvalue weighted by Gasteiger charge is 2.16. The van der Waals surface area contributed by atoms with E-state index in [1.54, 1.807) is 14.2 Å². The van der Waals surface area contributed by atoms with Crippen LogP contribution in [0.3, 0.4) is 0 Å². The molecule has 0 amide bonds. The van der Waals surface area contributed by atoms with Crippen molar-refractivity contribution >= 4 is 15.9 Å². The smallest absolute Gasteiger partial charge is 0.141 e. The maximum Gasteiger partial charge on any atom is 0.141 e. The van der Waals surface area contributed by atoms with Crippen molar-refractivity contribution in [3.63, 3.8) is 0 Å². The van der Waals surface area contributed by atoms with Gasteiger partial charge in [-0.1, -0.05) is 0 Å². The molecule has 1 aromatic carbocycles. The molecule has 0 fully saturated rings.